The molecule has 0 aliphatic carbocycles. The topological polar surface area (TPSA) is 68.7 Å². The number of pyridine rings is 1. The fourth-order valence-corrected chi connectivity index (χ4v) is 1.42. The van der Waals surface area contributed by atoms with E-state index in [1.807, 2.05) is 0 Å². The highest BCUT2D eigenvalue weighted by Crippen LogP contribution is 2.39. The molecule has 1 aromatic heterocycles. The number of alkyl halides is 6. The Hall–Kier alpha value is -2.20. The number of carbonyl (C=O) groups excluding carboxylic acids is 1. The maximum Gasteiger partial charge on any atom is 0.574 e. The van der Waals surface area contributed by atoms with Crippen LogP contribution in [-0.2, 0) is 22.1 Å². The Balaban J connectivity index is 3.29. The van der Waals surface area contributed by atoms with Gasteiger partial charge in [-0.1, -0.05) is 0 Å². The van der Waals surface area contributed by atoms with E-state index in [0.717, 1.165) is 0 Å². The molecule has 22 heavy (non-hydrogen) atoms. The second kappa shape index (κ2) is 6.28. The molecule has 1 heterocycles. The zero-order valence-corrected chi connectivity index (χ0v) is 10.9. The van der Waals surface area contributed by atoms with Gasteiger partial charge in [-0.05, 0) is 6.92 Å². The molecule has 0 radical (unpaired) electrons. The second-order valence-electron chi connectivity index (χ2n) is 3.83. The lowest BCUT2D eigenvalue weighted by Gasteiger charge is -2.15. The van der Waals surface area contributed by atoms with Gasteiger partial charge in [-0.25, -0.2) is 4.98 Å². The molecule has 5 nitrogen and oxygen atoms in total. The number of rotatable bonds is 4. The number of nitrogens with zero attached hydrogens (tertiary/aromatic N) is 1. The predicted molar refractivity (Wildman–Crippen MR) is 57.9 cm³/mol. The number of ether oxygens (including phenoxy) is 2. The molecule has 1 aromatic rings. The highest BCUT2D eigenvalue weighted by Gasteiger charge is 2.39. The average Bonchev–Trinajstić information content (AvgIpc) is 2.30. The smallest absolute Gasteiger partial charge is 0.505 e. The lowest BCUT2D eigenvalue weighted by molar-refractivity contribution is -0.276. The molecule has 0 unspecified atom stereocenters. The van der Waals surface area contributed by atoms with Gasteiger partial charge in [0.1, 0.15) is 11.3 Å². The predicted octanol–water partition coefficient (Wildman–Crippen LogP) is 2.81. The van der Waals surface area contributed by atoms with Gasteiger partial charge in [-0.3, -0.25) is 4.79 Å². The summed E-state index contributed by atoms with van der Waals surface area (Å²) in [5, 5.41) is 9.44. The second-order valence-corrected chi connectivity index (χ2v) is 3.83. The van der Waals surface area contributed by atoms with Crippen LogP contribution in [0.2, 0.25) is 0 Å². The Morgan fingerprint density at radius 2 is 1.86 bits per heavy atom. The van der Waals surface area contributed by atoms with Crippen molar-refractivity contribution in [1.82, 2.24) is 4.98 Å². The number of esters is 1. The highest BCUT2D eigenvalue weighted by atomic mass is 19.4. The van der Waals surface area contributed by atoms with Crippen molar-refractivity contribution < 1.29 is 45.7 Å². The molecular formula is C11H9F6NO4. The van der Waals surface area contributed by atoms with Crippen LogP contribution in [0, 0.1) is 0 Å². The zero-order chi connectivity index (χ0) is 17.1. The summed E-state index contributed by atoms with van der Waals surface area (Å²) in [5.41, 5.74) is -2.74. The monoisotopic (exact) mass is 333 g/mol. The molecule has 0 atom stereocenters. The molecule has 0 aliphatic heterocycles. The first-order chi connectivity index (χ1) is 9.94. The maximum absolute atomic E-state index is 12.7. The van der Waals surface area contributed by atoms with E-state index in [1.54, 1.807) is 0 Å². The summed E-state index contributed by atoms with van der Waals surface area (Å²) in [5.74, 6) is -3.98. The van der Waals surface area contributed by atoms with Crippen molar-refractivity contribution in [3.63, 3.8) is 0 Å². The van der Waals surface area contributed by atoms with Gasteiger partial charge in [-0.2, -0.15) is 13.2 Å². The third kappa shape index (κ3) is 4.97. The molecule has 0 bridgehead atoms. The summed E-state index contributed by atoms with van der Waals surface area (Å²) in [7, 11) is 0. The van der Waals surface area contributed by atoms with Crippen molar-refractivity contribution in [2.45, 2.75) is 25.9 Å². The summed E-state index contributed by atoms with van der Waals surface area (Å²) >= 11 is 0. The maximum atomic E-state index is 12.7. The Morgan fingerprint density at radius 1 is 1.27 bits per heavy atom. The van der Waals surface area contributed by atoms with Gasteiger partial charge in [0.2, 0.25) is 5.88 Å². The van der Waals surface area contributed by atoms with Crippen molar-refractivity contribution in [2.75, 3.05) is 6.61 Å². The Kier molecular flexibility index (Phi) is 5.09. The van der Waals surface area contributed by atoms with E-state index in [-0.39, 0.29) is 12.7 Å². The van der Waals surface area contributed by atoms with E-state index >= 15 is 0 Å². The fourth-order valence-electron chi connectivity index (χ4n) is 1.42. The van der Waals surface area contributed by atoms with Gasteiger partial charge in [0, 0.05) is 6.07 Å². The molecule has 0 saturated carbocycles. The third-order valence-corrected chi connectivity index (χ3v) is 2.18. The van der Waals surface area contributed by atoms with E-state index < -0.39 is 47.8 Å². The minimum atomic E-state index is -5.28. The molecule has 1 rings (SSSR count). The van der Waals surface area contributed by atoms with Crippen molar-refractivity contribution in [3.05, 3.63) is 17.3 Å². The van der Waals surface area contributed by atoms with Crippen molar-refractivity contribution >= 4 is 5.97 Å². The molecule has 0 fully saturated rings. The van der Waals surface area contributed by atoms with E-state index in [9.17, 15) is 36.2 Å². The first-order valence-electron chi connectivity index (χ1n) is 5.65. The lowest BCUT2D eigenvalue weighted by atomic mass is 10.1. The van der Waals surface area contributed by atoms with Crippen LogP contribution < -0.4 is 4.74 Å². The normalized spacial score (nSPS) is 12.1. The van der Waals surface area contributed by atoms with Crippen LogP contribution in [0.4, 0.5) is 26.3 Å². The molecule has 124 valence electrons. The molecule has 0 amide bonds. The third-order valence-electron chi connectivity index (χ3n) is 2.18. The van der Waals surface area contributed by atoms with Gasteiger partial charge in [0.15, 0.2) is 0 Å². The van der Waals surface area contributed by atoms with Crippen LogP contribution in [0.3, 0.4) is 0 Å². The molecule has 0 saturated heterocycles. The van der Waals surface area contributed by atoms with Crippen molar-refractivity contribution in [1.29, 1.82) is 0 Å². The molecule has 0 spiro atoms. The largest absolute Gasteiger partial charge is 0.574 e. The molecular weight excluding hydrogens is 324 g/mol. The van der Waals surface area contributed by atoms with E-state index in [4.69, 9.17) is 0 Å². The van der Waals surface area contributed by atoms with E-state index in [1.165, 1.54) is 6.92 Å². The van der Waals surface area contributed by atoms with Crippen LogP contribution in [-0.4, -0.2) is 29.0 Å². The van der Waals surface area contributed by atoms with Crippen LogP contribution in [0.1, 0.15) is 18.2 Å². The van der Waals surface area contributed by atoms with Gasteiger partial charge in [0.05, 0.1) is 18.7 Å². The Morgan fingerprint density at radius 3 is 2.32 bits per heavy atom. The van der Waals surface area contributed by atoms with Gasteiger partial charge in [0.25, 0.3) is 0 Å². The van der Waals surface area contributed by atoms with Crippen LogP contribution >= 0.6 is 0 Å². The minimum absolute atomic E-state index is 0.107. The van der Waals surface area contributed by atoms with Gasteiger partial charge < -0.3 is 14.6 Å². The Bertz CT molecular complexity index is 555. The van der Waals surface area contributed by atoms with Crippen LogP contribution in [0.25, 0.3) is 0 Å². The van der Waals surface area contributed by atoms with Crippen molar-refractivity contribution in [3.8, 4) is 11.6 Å². The first kappa shape index (κ1) is 17.9. The van der Waals surface area contributed by atoms with Crippen molar-refractivity contribution in [2.24, 2.45) is 0 Å². The quantitative estimate of drug-likeness (QED) is 0.678. The summed E-state index contributed by atoms with van der Waals surface area (Å²) in [6, 6.07) is -0.114. The minimum Gasteiger partial charge on any atom is -0.505 e. The molecule has 0 aromatic carbocycles. The number of aromatic nitrogens is 1. The number of hydrogen-bond donors (Lipinski definition) is 1. The number of hydrogen-bond acceptors (Lipinski definition) is 5. The van der Waals surface area contributed by atoms with E-state index in [2.05, 4.69) is 14.5 Å². The first-order valence-corrected chi connectivity index (χ1v) is 5.65. The van der Waals surface area contributed by atoms with E-state index in [0.29, 0.717) is 0 Å². The van der Waals surface area contributed by atoms with Gasteiger partial charge >= 0.3 is 18.5 Å². The molecule has 0 aliphatic rings. The highest BCUT2D eigenvalue weighted by molar-refractivity contribution is 5.73. The summed E-state index contributed by atoms with van der Waals surface area (Å²) in [4.78, 5) is 14.3. The SMILES string of the molecule is CCOC(=O)Cc1nc(OC(F)(F)F)cc(C(F)(F)F)c1O. The standard InChI is InChI=1S/C11H9F6NO4/c1-2-21-8(19)4-6-9(20)5(10(12,13)14)3-7(18-6)22-11(15,16)17/h3,20H,2,4H2,1H3. The number of aromatic hydroxyl groups is 1. The fraction of sp³-hybridized carbons (Fsp3) is 0.455. The van der Waals surface area contributed by atoms with Crippen LogP contribution in [0.15, 0.2) is 6.07 Å². The lowest BCUT2D eigenvalue weighted by Crippen LogP contribution is -2.20. The molecule has 11 heteroatoms. The van der Waals surface area contributed by atoms with Gasteiger partial charge in [-0.15, -0.1) is 13.2 Å². The molecule has 1 N–H and O–H groups in total. The number of halogens is 6. The Labute approximate surface area is 119 Å². The summed E-state index contributed by atoms with van der Waals surface area (Å²) in [6.45, 7) is 1.31. The summed E-state index contributed by atoms with van der Waals surface area (Å²) < 4.78 is 82.1. The van der Waals surface area contributed by atoms with Crippen LogP contribution in [0.5, 0.6) is 11.6 Å². The average molecular weight is 333 g/mol. The zero-order valence-electron chi connectivity index (χ0n) is 10.9. The summed E-state index contributed by atoms with van der Waals surface area (Å²) in [6.07, 6.45) is -11.4. The number of carbonyl (C=O) groups is 1.